The summed E-state index contributed by atoms with van der Waals surface area (Å²) in [4.78, 5) is 8.53. The molecule has 0 saturated carbocycles. The van der Waals surface area contributed by atoms with Crippen molar-refractivity contribution in [2.45, 2.75) is 13.0 Å². The van der Waals surface area contributed by atoms with Crippen molar-refractivity contribution in [3.63, 3.8) is 0 Å². The largest absolute Gasteiger partial charge is 0.492 e. The zero-order valence-electron chi connectivity index (χ0n) is 10.9. The quantitative estimate of drug-likeness (QED) is 0.913. The summed E-state index contributed by atoms with van der Waals surface area (Å²) in [6, 6.07) is 5.66. The van der Waals surface area contributed by atoms with Gasteiger partial charge < -0.3 is 10.1 Å². The minimum Gasteiger partial charge on any atom is -0.492 e. The maximum atomic E-state index is 5.86. The van der Waals surface area contributed by atoms with Gasteiger partial charge in [0.2, 0.25) is 0 Å². The van der Waals surface area contributed by atoms with Crippen LogP contribution in [-0.2, 0) is 0 Å². The van der Waals surface area contributed by atoms with Crippen molar-refractivity contribution >= 4 is 11.6 Å². The monoisotopic (exact) mass is 277 g/mol. The van der Waals surface area contributed by atoms with Gasteiger partial charge in [-0.2, -0.15) is 0 Å². The van der Waals surface area contributed by atoms with Gasteiger partial charge in [0, 0.05) is 12.4 Å². The molecular weight excluding hydrogens is 262 g/mol. The molecule has 2 rings (SSSR count). The lowest BCUT2D eigenvalue weighted by atomic mass is 10.1. The first-order chi connectivity index (χ1) is 9.24. The third-order valence-corrected chi connectivity index (χ3v) is 2.94. The molecule has 2 aromatic rings. The minimum absolute atomic E-state index is 0.0369. The van der Waals surface area contributed by atoms with E-state index >= 15 is 0 Å². The van der Waals surface area contributed by atoms with Crippen LogP contribution < -0.4 is 10.1 Å². The van der Waals surface area contributed by atoms with Gasteiger partial charge in [0.05, 0.1) is 29.6 Å². The van der Waals surface area contributed by atoms with Crippen LogP contribution in [0.1, 0.15) is 24.2 Å². The van der Waals surface area contributed by atoms with Gasteiger partial charge in [0.15, 0.2) is 0 Å². The molecule has 2 aromatic heterocycles. The van der Waals surface area contributed by atoms with Gasteiger partial charge in [-0.3, -0.25) is 9.97 Å². The van der Waals surface area contributed by atoms with Gasteiger partial charge in [-0.05, 0) is 37.7 Å². The smallest absolute Gasteiger partial charge is 0.137 e. The molecule has 0 aromatic carbocycles. The molecule has 1 N–H and O–H groups in total. The number of pyridine rings is 2. The molecule has 0 spiro atoms. The molecule has 0 aliphatic heterocycles. The van der Waals surface area contributed by atoms with Gasteiger partial charge in [-0.25, -0.2) is 0 Å². The van der Waals surface area contributed by atoms with Gasteiger partial charge in [0.1, 0.15) is 5.75 Å². The van der Waals surface area contributed by atoms with Crippen molar-refractivity contribution in [1.29, 1.82) is 0 Å². The van der Waals surface area contributed by atoms with E-state index in [0.29, 0.717) is 11.6 Å². The highest BCUT2D eigenvalue weighted by molar-refractivity contribution is 6.30. The molecule has 19 heavy (non-hydrogen) atoms. The maximum Gasteiger partial charge on any atom is 0.137 e. The summed E-state index contributed by atoms with van der Waals surface area (Å²) in [5.74, 6) is 0.759. The van der Waals surface area contributed by atoms with Crippen LogP contribution in [0.15, 0.2) is 36.8 Å². The van der Waals surface area contributed by atoms with Crippen molar-refractivity contribution in [2.24, 2.45) is 0 Å². The zero-order chi connectivity index (χ0) is 13.7. The Bertz CT molecular complexity index is 530. The zero-order valence-corrected chi connectivity index (χ0v) is 11.7. The molecular formula is C14H16ClN3O. The lowest BCUT2D eigenvalue weighted by Crippen LogP contribution is -2.19. The normalized spacial score (nSPS) is 12.2. The molecule has 4 nitrogen and oxygen atoms in total. The van der Waals surface area contributed by atoms with E-state index < -0.39 is 0 Å². The fourth-order valence-corrected chi connectivity index (χ4v) is 1.99. The highest BCUT2D eigenvalue weighted by atomic mass is 35.5. The van der Waals surface area contributed by atoms with E-state index in [0.717, 1.165) is 17.0 Å². The van der Waals surface area contributed by atoms with E-state index in [4.69, 9.17) is 16.3 Å². The minimum atomic E-state index is -0.0369. The molecule has 0 bridgehead atoms. The molecule has 0 amide bonds. The lowest BCUT2D eigenvalue weighted by Gasteiger charge is -2.16. The summed E-state index contributed by atoms with van der Waals surface area (Å²) < 4.78 is 5.46. The fraction of sp³-hybridized carbons (Fsp3) is 0.286. The van der Waals surface area contributed by atoms with Crippen LogP contribution in [0, 0.1) is 0 Å². The Labute approximate surface area is 117 Å². The fourth-order valence-electron chi connectivity index (χ4n) is 1.88. The van der Waals surface area contributed by atoms with E-state index in [-0.39, 0.29) is 6.04 Å². The standard InChI is InChI=1S/C14H16ClN3O/c1-3-19-12-6-10(7-17-9-12)14(16-2)13-5-4-11(15)8-18-13/h4-9,14,16H,3H2,1-2H3. The van der Waals surface area contributed by atoms with Gasteiger partial charge >= 0.3 is 0 Å². The maximum absolute atomic E-state index is 5.86. The number of rotatable bonds is 5. The second-order valence-electron chi connectivity index (χ2n) is 4.01. The van der Waals surface area contributed by atoms with Crippen molar-refractivity contribution in [1.82, 2.24) is 15.3 Å². The van der Waals surface area contributed by atoms with E-state index in [1.165, 1.54) is 0 Å². The van der Waals surface area contributed by atoms with Gasteiger partial charge in [0.25, 0.3) is 0 Å². The Morgan fingerprint density at radius 2 is 2.16 bits per heavy atom. The van der Waals surface area contributed by atoms with Crippen LogP contribution in [0.5, 0.6) is 5.75 Å². The predicted octanol–water partition coefficient (Wildman–Crippen LogP) is 2.84. The van der Waals surface area contributed by atoms with Crippen LogP contribution in [0.4, 0.5) is 0 Å². The van der Waals surface area contributed by atoms with Gasteiger partial charge in [-0.1, -0.05) is 11.6 Å². The second kappa shape index (κ2) is 6.50. The molecule has 1 atom stereocenters. The molecule has 1 unspecified atom stereocenters. The number of ether oxygens (including phenoxy) is 1. The van der Waals surface area contributed by atoms with Crippen LogP contribution >= 0.6 is 11.6 Å². The number of hydrogen-bond acceptors (Lipinski definition) is 4. The molecule has 0 fully saturated rings. The summed E-state index contributed by atoms with van der Waals surface area (Å²) >= 11 is 5.86. The summed E-state index contributed by atoms with van der Waals surface area (Å²) in [6.45, 7) is 2.57. The van der Waals surface area contributed by atoms with E-state index in [1.54, 1.807) is 18.6 Å². The first kappa shape index (κ1) is 13.8. The summed E-state index contributed by atoms with van der Waals surface area (Å²) in [5.41, 5.74) is 1.89. The average Bonchev–Trinajstić information content (AvgIpc) is 2.43. The van der Waals surface area contributed by atoms with E-state index in [2.05, 4.69) is 15.3 Å². The number of nitrogens with zero attached hydrogens (tertiary/aromatic N) is 2. The van der Waals surface area contributed by atoms with Crippen LogP contribution in [0.25, 0.3) is 0 Å². The Hall–Kier alpha value is -1.65. The molecule has 0 aliphatic carbocycles. The summed E-state index contributed by atoms with van der Waals surface area (Å²) in [6.07, 6.45) is 5.15. The molecule has 2 heterocycles. The Morgan fingerprint density at radius 1 is 1.32 bits per heavy atom. The first-order valence-corrected chi connectivity index (χ1v) is 6.49. The topological polar surface area (TPSA) is 47.0 Å². The number of nitrogens with one attached hydrogen (secondary N) is 1. The van der Waals surface area contributed by atoms with Crippen molar-refractivity contribution in [2.75, 3.05) is 13.7 Å². The Kier molecular flexibility index (Phi) is 4.71. The first-order valence-electron chi connectivity index (χ1n) is 6.11. The van der Waals surface area contributed by atoms with E-state index in [9.17, 15) is 0 Å². The molecule has 0 saturated heterocycles. The van der Waals surface area contributed by atoms with Crippen LogP contribution in [0.3, 0.4) is 0 Å². The third kappa shape index (κ3) is 3.43. The predicted molar refractivity (Wildman–Crippen MR) is 75.6 cm³/mol. The molecule has 0 aliphatic rings. The van der Waals surface area contributed by atoms with Gasteiger partial charge in [-0.15, -0.1) is 0 Å². The Balaban J connectivity index is 2.30. The van der Waals surface area contributed by atoms with Crippen LogP contribution in [0.2, 0.25) is 5.02 Å². The summed E-state index contributed by atoms with van der Waals surface area (Å²) in [5, 5.41) is 3.85. The van der Waals surface area contributed by atoms with E-state index in [1.807, 2.05) is 32.2 Å². The lowest BCUT2D eigenvalue weighted by molar-refractivity contribution is 0.338. The van der Waals surface area contributed by atoms with Crippen molar-refractivity contribution in [3.05, 3.63) is 53.1 Å². The highest BCUT2D eigenvalue weighted by Crippen LogP contribution is 2.23. The molecule has 100 valence electrons. The SMILES string of the molecule is CCOc1cncc(C(NC)c2ccc(Cl)cn2)c1. The van der Waals surface area contributed by atoms with Crippen molar-refractivity contribution < 1.29 is 4.74 Å². The number of hydrogen-bond donors (Lipinski definition) is 1. The molecule has 5 heteroatoms. The Morgan fingerprint density at radius 3 is 2.79 bits per heavy atom. The second-order valence-corrected chi connectivity index (χ2v) is 4.45. The third-order valence-electron chi connectivity index (χ3n) is 2.71. The molecule has 0 radical (unpaired) electrons. The van der Waals surface area contributed by atoms with Crippen LogP contribution in [-0.4, -0.2) is 23.6 Å². The highest BCUT2D eigenvalue weighted by Gasteiger charge is 2.14. The summed E-state index contributed by atoms with van der Waals surface area (Å²) in [7, 11) is 1.88. The van der Waals surface area contributed by atoms with Crippen molar-refractivity contribution in [3.8, 4) is 5.75 Å². The average molecular weight is 278 g/mol. The number of halogens is 1. The number of aromatic nitrogens is 2.